The Labute approximate surface area is 211 Å². The molecule has 2 aromatic rings. The molecule has 4 N–H and O–H groups in total. The maximum atomic E-state index is 13.5. The highest BCUT2D eigenvalue weighted by Gasteiger charge is 2.59. The van der Waals surface area contributed by atoms with Crippen LogP contribution in [0.5, 0.6) is 0 Å². The zero-order chi connectivity index (χ0) is 27.5. The second-order valence-corrected chi connectivity index (χ2v) is 8.60. The summed E-state index contributed by atoms with van der Waals surface area (Å²) < 4.78 is 45.7. The van der Waals surface area contributed by atoms with Crippen molar-refractivity contribution in [3.8, 4) is 6.07 Å². The third-order valence-corrected chi connectivity index (χ3v) is 6.72. The van der Waals surface area contributed by atoms with Crippen LogP contribution < -0.4 is 10.6 Å². The monoisotopic (exact) mass is 517 g/mol. The lowest BCUT2D eigenvalue weighted by molar-refractivity contribution is -0.154. The molecule has 8 nitrogen and oxygen atoms in total. The van der Waals surface area contributed by atoms with Crippen LogP contribution in [0.15, 0.2) is 59.9 Å². The summed E-state index contributed by atoms with van der Waals surface area (Å²) in [6, 6.07) is 10.9. The van der Waals surface area contributed by atoms with Gasteiger partial charge in [-0.25, -0.2) is 4.79 Å². The van der Waals surface area contributed by atoms with E-state index in [1.54, 1.807) is 6.92 Å². The van der Waals surface area contributed by atoms with Crippen LogP contribution in [0.4, 0.5) is 18.9 Å². The fraction of sp³-hybridized carbons (Fsp3) is 0.346. The Balaban J connectivity index is 2.41. The van der Waals surface area contributed by atoms with E-state index in [1.165, 1.54) is 42.2 Å². The average Bonchev–Trinajstić information content (AvgIpc) is 2.85. The minimum absolute atomic E-state index is 0.0745. The molecule has 0 bridgehead atoms. The Bertz CT molecular complexity index is 1250. The predicted molar refractivity (Wildman–Crippen MR) is 127 cm³/mol. The van der Waals surface area contributed by atoms with Crippen molar-refractivity contribution in [2.75, 3.05) is 18.1 Å². The molecule has 0 radical (unpaired) electrons. The molecule has 1 heterocycles. The number of aliphatic hydroxyl groups excluding tert-OH is 1. The number of carboxylic acid groups (broad SMARTS) is 1. The topological polar surface area (TPSA) is 137 Å². The van der Waals surface area contributed by atoms with Crippen LogP contribution in [0.1, 0.15) is 42.9 Å². The number of carbonyl (C=O) groups is 2. The van der Waals surface area contributed by atoms with Crippen LogP contribution in [0.2, 0.25) is 0 Å². The molecule has 0 spiro atoms. The van der Waals surface area contributed by atoms with E-state index in [2.05, 4.69) is 0 Å². The maximum Gasteiger partial charge on any atom is 0.416 e. The molecule has 3 atom stereocenters. The fourth-order valence-electron chi connectivity index (χ4n) is 5.00. The second kappa shape index (κ2) is 10.5. The van der Waals surface area contributed by atoms with Gasteiger partial charge in [0.2, 0.25) is 0 Å². The van der Waals surface area contributed by atoms with Gasteiger partial charge in [0.25, 0.3) is 0 Å². The number of nitriles is 1. The van der Waals surface area contributed by atoms with Crippen molar-refractivity contribution in [2.45, 2.75) is 38.4 Å². The first-order chi connectivity index (χ1) is 17.4. The molecule has 0 amide bonds. The Morgan fingerprint density at radius 2 is 1.86 bits per heavy atom. The van der Waals surface area contributed by atoms with Gasteiger partial charge in [-0.3, -0.25) is 4.79 Å². The van der Waals surface area contributed by atoms with E-state index in [-0.39, 0.29) is 35.7 Å². The molecule has 3 rings (SSSR count). The van der Waals surface area contributed by atoms with E-state index < -0.39 is 47.7 Å². The number of ether oxygens (including phenoxy) is 1. The summed E-state index contributed by atoms with van der Waals surface area (Å²) in [7, 11) is 0. The molecule has 11 heteroatoms. The van der Waals surface area contributed by atoms with Crippen LogP contribution in [-0.2, 0) is 20.5 Å². The third-order valence-electron chi connectivity index (χ3n) is 6.72. The summed E-state index contributed by atoms with van der Waals surface area (Å²) in [5, 5.41) is 29.7. The van der Waals surface area contributed by atoms with Crippen LogP contribution in [-0.4, -0.2) is 41.4 Å². The standard InChI is InChI=1S/C26H26F3N3O5/c1-3-37-23(34)20-21(17-9-7-16(14-30)8-10-17)25(11-12-33,24(35)36)15(2)32(22(20)31)19-6-4-5-18(13-19)26(27,28)29/h4-10,13,15,21,33H,3,11-12,31H2,1-2H3,(H,35,36). The van der Waals surface area contributed by atoms with Crippen molar-refractivity contribution in [1.29, 1.82) is 5.26 Å². The smallest absolute Gasteiger partial charge is 0.416 e. The van der Waals surface area contributed by atoms with Gasteiger partial charge in [-0.1, -0.05) is 18.2 Å². The number of benzene rings is 2. The van der Waals surface area contributed by atoms with Crippen LogP contribution >= 0.6 is 0 Å². The number of aliphatic hydroxyl groups is 1. The fourth-order valence-corrected chi connectivity index (χ4v) is 5.00. The molecule has 37 heavy (non-hydrogen) atoms. The Kier molecular flexibility index (Phi) is 7.83. The number of aliphatic carboxylic acids is 1. The molecule has 0 aromatic heterocycles. The molecule has 2 aromatic carbocycles. The van der Waals surface area contributed by atoms with E-state index in [1.807, 2.05) is 6.07 Å². The van der Waals surface area contributed by atoms with E-state index in [4.69, 9.17) is 10.5 Å². The van der Waals surface area contributed by atoms with Gasteiger partial charge in [0.05, 0.1) is 29.4 Å². The minimum atomic E-state index is -4.68. The van der Waals surface area contributed by atoms with Crippen LogP contribution in [0, 0.1) is 16.7 Å². The third kappa shape index (κ3) is 4.84. The molecule has 1 aliphatic heterocycles. The van der Waals surface area contributed by atoms with Gasteiger partial charge in [-0.05, 0) is 56.2 Å². The number of carbonyl (C=O) groups excluding carboxylic acids is 1. The minimum Gasteiger partial charge on any atom is -0.481 e. The van der Waals surface area contributed by atoms with Gasteiger partial charge < -0.3 is 25.6 Å². The first kappa shape index (κ1) is 27.5. The van der Waals surface area contributed by atoms with Gasteiger partial charge in [-0.2, -0.15) is 18.4 Å². The summed E-state index contributed by atoms with van der Waals surface area (Å²) >= 11 is 0. The van der Waals surface area contributed by atoms with Crippen molar-refractivity contribution < 1.29 is 37.7 Å². The zero-order valence-electron chi connectivity index (χ0n) is 20.1. The summed E-state index contributed by atoms with van der Waals surface area (Å²) in [6.45, 7) is 2.33. The van der Waals surface area contributed by atoms with Crippen LogP contribution in [0.25, 0.3) is 0 Å². The molecule has 0 saturated carbocycles. The number of carboxylic acids is 1. The van der Waals surface area contributed by atoms with Crippen molar-refractivity contribution in [2.24, 2.45) is 11.1 Å². The molecule has 0 aliphatic carbocycles. The molecule has 1 aliphatic rings. The predicted octanol–water partition coefficient (Wildman–Crippen LogP) is 3.76. The molecular formula is C26H26F3N3O5. The van der Waals surface area contributed by atoms with E-state index >= 15 is 0 Å². The van der Waals surface area contributed by atoms with Gasteiger partial charge >= 0.3 is 18.1 Å². The number of nitrogens with zero attached hydrogens (tertiary/aromatic N) is 2. The normalized spacial score (nSPS) is 21.9. The van der Waals surface area contributed by atoms with Crippen molar-refractivity contribution in [3.05, 3.63) is 76.6 Å². The molecule has 0 fully saturated rings. The SMILES string of the molecule is CCOC(=O)C1=C(N)N(c2cccc(C(F)(F)F)c2)C(C)C(CCO)(C(=O)O)C1c1ccc(C#N)cc1. The molecular weight excluding hydrogens is 491 g/mol. The van der Waals surface area contributed by atoms with Gasteiger partial charge in [0, 0.05) is 24.3 Å². The van der Waals surface area contributed by atoms with Gasteiger partial charge in [-0.15, -0.1) is 0 Å². The highest BCUT2D eigenvalue weighted by molar-refractivity contribution is 5.96. The lowest BCUT2D eigenvalue weighted by Crippen LogP contribution is -2.60. The first-order valence-corrected chi connectivity index (χ1v) is 11.4. The number of hydrogen-bond donors (Lipinski definition) is 3. The number of anilines is 1. The lowest BCUT2D eigenvalue weighted by atomic mass is 9.60. The highest BCUT2D eigenvalue weighted by atomic mass is 19.4. The van der Waals surface area contributed by atoms with Crippen molar-refractivity contribution in [3.63, 3.8) is 0 Å². The second-order valence-electron chi connectivity index (χ2n) is 8.60. The molecule has 196 valence electrons. The van der Waals surface area contributed by atoms with Gasteiger partial charge in [0.15, 0.2) is 0 Å². The number of hydrogen-bond acceptors (Lipinski definition) is 7. The summed E-state index contributed by atoms with van der Waals surface area (Å²) in [5.41, 5.74) is 3.80. The quantitative estimate of drug-likeness (QED) is 0.473. The van der Waals surface area contributed by atoms with Crippen LogP contribution in [0.3, 0.4) is 0 Å². The Hall–Kier alpha value is -4.04. The Morgan fingerprint density at radius 1 is 1.22 bits per heavy atom. The van der Waals surface area contributed by atoms with Crippen molar-refractivity contribution >= 4 is 17.6 Å². The molecule has 3 unspecified atom stereocenters. The summed E-state index contributed by atoms with van der Waals surface area (Å²) in [4.78, 5) is 27.5. The Morgan fingerprint density at radius 3 is 2.38 bits per heavy atom. The van der Waals surface area contributed by atoms with Gasteiger partial charge in [0.1, 0.15) is 11.2 Å². The van der Waals surface area contributed by atoms with E-state index in [0.717, 1.165) is 18.2 Å². The number of rotatable bonds is 7. The average molecular weight is 518 g/mol. The zero-order valence-corrected chi connectivity index (χ0v) is 20.1. The lowest BCUT2D eigenvalue weighted by Gasteiger charge is -2.51. The number of nitrogens with two attached hydrogens (primary N) is 1. The largest absolute Gasteiger partial charge is 0.481 e. The van der Waals surface area contributed by atoms with Crippen molar-refractivity contribution in [1.82, 2.24) is 0 Å². The summed E-state index contributed by atoms with van der Waals surface area (Å²) in [5.74, 6) is -3.85. The first-order valence-electron chi connectivity index (χ1n) is 11.4. The number of esters is 1. The maximum absolute atomic E-state index is 13.5. The van der Waals surface area contributed by atoms with E-state index in [9.17, 15) is 38.2 Å². The highest BCUT2D eigenvalue weighted by Crippen LogP contribution is 2.54. The number of alkyl halides is 3. The van der Waals surface area contributed by atoms with E-state index in [0.29, 0.717) is 5.56 Å². The number of halogens is 3. The summed E-state index contributed by atoms with van der Waals surface area (Å²) in [6.07, 6.45) is -5.04. The molecule has 0 saturated heterocycles.